The summed E-state index contributed by atoms with van der Waals surface area (Å²) in [6, 6.07) is 4.99. The SMILES string of the molecule is CC(C)(C)NC(=O)Nc1ccc(N2CCNC(=O)C2)c(Cl)c1. The topological polar surface area (TPSA) is 73.5 Å². The number of hydrogen-bond acceptors (Lipinski definition) is 3. The van der Waals surface area contributed by atoms with Gasteiger partial charge >= 0.3 is 6.03 Å². The molecule has 3 N–H and O–H groups in total. The minimum Gasteiger partial charge on any atom is -0.359 e. The van der Waals surface area contributed by atoms with Crippen molar-refractivity contribution < 1.29 is 9.59 Å². The molecule has 0 bridgehead atoms. The molecule has 0 aromatic heterocycles. The van der Waals surface area contributed by atoms with Crippen molar-refractivity contribution in [2.24, 2.45) is 0 Å². The van der Waals surface area contributed by atoms with Crippen LogP contribution in [0.15, 0.2) is 18.2 Å². The van der Waals surface area contributed by atoms with Crippen molar-refractivity contribution in [3.8, 4) is 0 Å². The summed E-state index contributed by atoms with van der Waals surface area (Å²) in [7, 11) is 0. The molecule has 22 heavy (non-hydrogen) atoms. The van der Waals surface area contributed by atoms with Gasteiger partial charge < -0.3 is 20.9 Å². The molecule has 6 nitrogen and oxygen atoms in total. The number of carbonyl (C=O) groups excluding carboxylic acids is 2. The Morgan fingerprint density at radius 3 is 2.68 bits per heavy atom. The van der Waals surface area contributed by atoms with Crippen molar-refractivity contribution >= 4 is 34.9 Å². The van der Waals surface area contributed by atoms with Crippen LogP contribution in [-0.4, -0.2) is 37.1 Å². The molecule has 0 atom stereocenters. The van der Waals surface area contributed by atoms with Crippen LogP contribution in [0.2, 0.25) is 5.02 Å². The van der Waals surface area contributed by atoms with E-state index in [1.807, 2.05) is 31.7 Å². The Morgan fingerprint density at radius 1 is 1.36 bits per heavy atom. The Hall–Kier alpha value is -1.95. The summed E-state index contributed by atoms with van der Waals surface area (Å²) in [4.78, 5) is 25.2. The van der Waals surface area contributed by atoms with Gasteiger partial charge in [0.25, 0.3) is 0 Å². The molecule has 1 aromatic carbocycles. The molecule has 0 spiro atoms. The molecule has 3 amide bonds. The Balaban J connectivity index is 2.06. The van der Waals surface area contributed by atoms with Crippen LogP contribution in [0.4, 0.5) is 16.2 Å². The van der Waals surface area contributed by atoms with Crippen molar-refractivity contribution in [2.75, 3.05) is 29.9 Å². The van der Waals surface area contributed by atoms with Gasteiger partial charge in [0.2, 0.25) is 5.91 Å². The van der Waals surface area contributed by atoms with Crippen LogP contribution in [0.3, 0.4) is 0 Å². The van der Waals surface area contributed by atoms with Gasteiger partial charge in [0.1, 0.15) is 0 Å². The summed E-state index contributed by atoms with van der Waals surface area (Å²) in [6.45, 7) is 7.32. The third kappa shape index (κ3) is 4.53. The van der Waals surface area contributed by atoms with Gasteiger partial charge in [-0.25, -0.2) is 4.79 Å². The summed E-state index contributed by atoms with van der Waals surface area (Å²) in [5.74, 6) is -0.0194. The quantitative estimate of drug-likeness (QED) is 0.781. The van der Waals surface area contributed by atoms with Gasteiger partial charge in [-0.3, -0.25) is 4.79 Å². The van der Waals surface area contributed by atoms with E-state index >= 15 is 0 Å². The van der Waals surface area contributed by atoms with Gasteiger partial charge in [-0.1, -0.05) is 11.6 Å². The molecule has 2 rings (SSSR count). The lowest BCUT2D eigenvalue weighted by Gasteiger charge is -2.29. The Morgan fingerprint density at radius 2 is 2.09 bits per heavy atom. The number of halogens is 1. The fraction of sp³-hybridized carbons (Fsp3) is 0.467. The van der Waals surface area contributed by atoms with Crippen LogP contribution >= 0.6 is 11.6 Å². The van der Waals surface area contributed by atoms with Gasteiger partial charge in [-0.2, -0.15) is 0 Å². The molecule has 1 heterocycles. The third-order valence-electron chi connectivity index (χ3n) is 3.07. The summed E-state index contributed by atoms with van der Waals surface area (Å²) in [6.07, 6.45) is 0. The first-order valence-electron chi connectivity index (χ1n) is 7.15. The standard InChI is InChI=1S/C15H21ClN4O2/c1-15(2,3)19-14(22)18-10-4-5-12(11(16)8-10)20-7-6-17-13(21)9-20/h4-5,8H,6-7,9H2,1-3H3,(H,17,21)(H2,18,19,22). The average Bonchev–Trinajstić information content (AvgIpc) is 2.36. The number of piperazine rings is 1. The number of hydrogen-bond donors (Lipinski definition) is 3. The summed E-state index contributed by atoms with van der Waals surface area (Å²) in [5, 5.41) is 8.83. The second-order valence-electron chi connectivity index (χ2n) is 6.27. The predicted octanol–water partition coefficient (Wildman–Crippen LogP) is 2.20. The van der Waals surface area contributed by atoms with Crippen LogP contribution < -0.4 is 20.9 Å². The molecular weight excluding hydrogens is 304 g/mol. The van der Waals surface area contributed by atoms with E-state index in [0.717, 1.165) is 5.69 Å². The van der Waals surface area contributed by atoms with Crippen LogP contribution in [0.1, 0.15) is 20.8 Å². The van der Waals surface area contributed by atoms with Crippen LogP contribution in [0.5, 0.6) is 0 Å². The van der Waals surface area contributed by atoms with Crippen molar-refractivity contribution in [3.63, 3.8) is 0 Å². The number of nitrogens with one attached hydrogen (secondary N) is 3. The number of amides is 3. The van der Waals surface area contributed by atoms with Crippen molar-refractivity contribution in [1.29, 1.82) is 0 Å². The van der Waals surface area contributed by atoms with E-state index in [4.69, 9.17) is 11.6 Å². The molecule has 1 aliphatic heterocycles. The fourth-order valence-corrected chi connectivity index (χ4v) is 2.49. The van der Waals surface area contributed by atoms with Crippen molar-refractivity contribution in [2.45, 2.75) is 26.3 Å². The number of rotatable bonds is 2. The highest BCUT2D eigenvalue weighted by molar-refractivity contribution is 6.33. The Labute approximate surface area is 135 Å². The highest BCUT2D eigenvalue weighted by Gasteiger charge is 2.19. The van der Waals surface area contributed by atoms with E-state index in [-0.39, 0.29) is 24.0 Å². The smallest absolute Gasteiger partial charge is 0.319 e. The van der Waals surface area contributed by atoms with Crippen molar-refractivity contribution in [1.82, 2.24) is 10.6 Å². The van der Waals surface area contributed by atoms with Gasteiger partial charge in [0, 0.05) is 24.3 Å². The van der Waals surface area contributed by atoms with Gasteiger partial charge in [0.05, 0.1) is 17.3 Å². The lowest BCUT2D eigenvalue weighted by molar-refractivity contribution is -0.120. The zero-order valence-corrected chi connectivity index (χ0v) is 13.8. The molecule has 0 unspecified atom stereocenters. The van der Waals surface area contributed by atoms with E-state index in [0.29, 0.717) is 23.8 Å². The molecule has 0 saturated carbocycles. The minimum absolute atomic E-state index is 0.0194. The molecule has 1 aromatic rings. The lowest BCUT2D eigenvalue weighted by atomic mass is 10.1. The number of nitrogens with zero attached hydrogens (tertiary/aromatic N) is 1. The molecule has 1 aliphatic rings. The summed E-state index contributed by atoms with van der Waals surface area (Å²) >= 11 is 6.28. The molecule has 1 saturated heterocycles. The van der Waals surface area contributed by atoms with Crippen LogP contribution in [0.25, 0.3) is 0 Å². The van der Waals surface area contributed by atoms with Crippen LogP contribution in [0, 0.1) is 0 Å². The largest absolute Gasteiger partial charge is 0.359 e. The van der Waals surface area contributed by atoms with Gasteiger partial charge in [-0.15, -0.1) is 0 Å². The van der Waals surface area contributed by atoms with Gasteiger partial charge in [-0.05, 0) is 39.0 Å². The maximum atomic E-state index is 11.8. The van der Waals surface area contributed by atoms with E-state index in [2.05, 4.69) is 16.0 Å². The monoisotopic (exact) mass is 324 g/mol. The number of urea groups is 1. The Kier molecular flexibility index (Phi) is 4.81. The third-order valence-corrected chi connectivity index (χ3v) is 3.38. The lowest BCUT2D eigenvalue weighted by Crippen LogP contribution is -2.47. The van der Waals surface area contributed by atoms with E-state index in [1.54, 1.807) is 12.1 Å². The number of benzene rings is 1. The second kappa shape index (κ2) is 6.44. The molecular formula is C15H21ClN4O2. The zero-order valence-electron chi connectivity index (χ0n) is 13.0. The number of carbonyl (C=O) groups is 2. The van der Waals surface area contributed by atoms with Gasteiger partial charge in [0.15, 0.2) is 0 Å². The first-order chi connectivity index (χ1) is 10.2. The fourth-order valence-electron chi connectivity index (χ4n) is 2.19. The van der Waals surface area contributed by atoms with E-state index < -0.39 is 0 Å². The predicted molar refractivity (Wildman–Crippen MR) is 88.6 cm³/mol. The van der Waals surface area contributed by atoms with E-state index in [9.17, 15) is 9.59 Å². The average molecular weight is 325 g/mol. The Bertz CT molecular complexity index is 583. The maximum Gasteiger partial charge on any atom is 0.319 e. The molecule has 7 heteroatoms. The maximum absolute atomic E-state index is 11.8. The summed E-state index contributed by atoms with van der Waals surface area (Å²) < 4.78 is 0. The highest BCUT2D eigenvalue weighted by atomic mass is 35.5. The highest BCUT2D eigenvalue weighted by Crippen LogP contribution is 2.29. The first kappa shape index (κ1) is 16.4. The second-order valence-corrected chi connectivity index (χ2v) is 6.67. The minimum atomic E-state index is -0.311. The zero-order chi connectivity index (χ0) is 16.3. The van der Waals surface area contributed by atoms with Crippen LogP contribution in [-0.2, 0) is 4.79 Å². The molecule has 0 aliphatic carbocycles. The molecule has 120 valence electrons. The molecule has 0 radical (unpaired) electrons. The van der Waals surface area contributed by atoms with Crippen molar-refractivity contribution in [3.05, 3.63) is 23.2 Å². The normalized spacial score (nSPS) is 15.3. The summed E-state index contributed by atoms with van der Waals surface area (Å²) in [5.41, 5.74) is 1.09. The van der Waals surface area contributed by atoms with E-state index in [1.165, 1.54) is 0 Å². The first-order valence-corrected chi connectivity index (χ1v) is 7.53. The number of anilines is 2. The molecule has 1 fully saturated rings.